The van der Waals surface area contributed by atoms with E-state index in [-0.39, 0.29) is 11.7 Å². The Morgan fingerprint density at radius 2 is 2.30 bits per heavy atom. The number of aromatic nitrogens is 2. The third-order valence-corrected chi connectivity index (χ3v) is 2.82. The molecule has 2 aromatic rings. The molecular formula is C14H18N4O2. The smallest absolute Gasteiger partial charge is 0.288 e. The molecule has 106 valence electrons. The van der Waals surface area contributed by atoms with Crippen molar-refractivity contribution in [1.29, 1.82) is 0 Å². The number of oxazole rings is 1. The van der Waals surface area contributed by atoms with E-state index in [4.69, 9.17) is 4.42 Å². The Hall–Kier alpha value is -2.21. The van der Waals surface area contributed by atoms with Gasteiger partial charge in [0.15, 0.2) is 6.39 Å². The Morgan fingerprint density at radius 1 is 1.40 bits per heavy atom. The number of pyridine rings is 1. The second-order valence-electron chi connectivity index (χ2n) is 4.41. The van der Waals surface area contributed by atoms with Crippen molar-refractivity contribution in [3.8, 4) is 0 Å². The highest BCUT2D eigenvalue weighted by atomic mass is 16.3. The number of carbonyl (C=O) groups is 1. The van der Waals surface area contributed by atoms with Crippen LogP contribution in [0.25, 0.3) is 0 Å². The van der Waals surface area contributed by atoms with Gasteiger partial charge >= 0.3 is 0 Å². The lowest BCUT2D eigenvalue weighted by atomic mass is 10.3. The van der Waals surface area contributed by atoms with Crippen LogP contribution in [0.15, 0.2) is 35.3 Å². The third-order valence-electron chi connectivity index (χ3n) is 2.82. The highest BCUT2D eigenvalue weighted by Crippen LogP contribution is 2.03. The molecule has 0 atom stereocenters. The maximum absolute atomic E-state index is 11.7. The second-order valence-corrected chi connectivity index (χ2v) is 4.41. The molecule has 0 aromatic carbocycles. The largest absolute Gasteiger partial charge is 0.438 e. The van der Waals surface area contributed by atoms with Crippen LogP contribution in [0.5, 0.6) is 0 Å². The van der Waals surface area contributed by atoms with Crippen LogP contribution in [0.3, 0.4) is 0 Å². The molecule has 0 radical (unpaired) electrons. The zero-order chi connectivity index (χ0) is 14.2. The van der Waals surface area contributed by atoms with Gasteiger partial charge in [0.05, 0.1) is 5.69 Å². The van der Waals surface area contributed by atoms with Crippen molar-refractivity contribution < 1.29 is 9.21 Å². The first-order valence-electron chi connectivity index (χ1n) is 6.55. The van der Waals surface area contributed by atoms with Gasteiger partial charge in [-0.3, -0.25) is 9.78 Å². The molecule has 0 aliphatic carbocycles. The van der Waals surface area contributed by atoms with Crippen LogP contribution in [0.2, 0.25) is 0 Å². The van der Waals surface area contributed by atoms with Crippen molar-refractivity contribution in [3.63, 3.8) is 0 Å². The molecule has 6 heteroatoms. The molecule has 6 nitrogen and oxygen atoms in total. The summed E-state index contributed by atoms with van der Waals surface area (Å²) in [5.41, 5.74) is 1.76. The van der Waals surface area contributed by atoms with Crippen molar-refractivity contribution in [2.45, 2.75) is 19.9 Å². The molecule has 2 aromatic heterocycles. The zero-order valence-electron chi connectivity index (χ0n) is 11.4. The summed E-state index contributed by atoms with van der Waals surface area (Å²) in [5, 5.41) is 6.09. The molecule has 0 saturated heterocycles. The number of nitrogens with zero attached hydrogens (tertiary/aromatic N) is 2. The van der Waals surface area contributed by atoms with Gasteiger partial charge in [-0.25, -0.2) is 4.98 Å². The van der Waals surface area contributed by atoms with E-state index < -0.39 is 0 Å². The lowest BCUT2D eigenvalue weighted by molar-refractivity contribution is 0.0924. The fourth-order valence-corrected chi connectivity index (χ4v) is 1.75. The number of rotatable bonds is 7. The lowest BCUT2D eigenvalue weighted by Crippen LogP contribution is -2.27. The van der Waals surface area contributed by atoms with Crippen molar-refractivity contribution in [2.24, 2.45) is 0 Å². The Labute approximate surface area is 117 Å². The van der Waals surface area contributed by atoms with E-state index in [2.05, 4.69) is 20.6 Å². The van der Waals surface area contributed by atoms with Gasteiger partial charge in [0.2, 0.25) is 5.76 Å². The number of aryl methyl sites for hydroxylation is 1. The summed E-state index contributed by atoms with van der Waals surface area (Å²) in [7, 11) is 0. The van der Waals surface area contributed by atoms with E-state index >= 15 is 0 Å². The van der Waals surface area contributed by atoms with Gasteiger partial charge in [0.1, 0.15) is 0 Å². The summed E-state index contributed by atoms with van der Waals surface area (Å²) < 4.78 is 5.02. The van der Waals surface area contributed by atoms with Crippen LogP contribution in [0.4, 0.5) is 0 Å². The summed E-state index contributed by atoms with van der Waals surface area (Å²) in [6, 6.07) is 3.94. The number of amides is 1. The Bertz CT molecular complexity index is 539. The van der Waals surface area contributed by atoms with E-state index in [9.17, 15) is 4.79 Å². The van der Waals surface area contributed by atoms with E-state index in [0.717, 1.165) is 25.1 Å². The highest BCUT2D eigenvalue weighted by molar-refractivity contribution is 5.92. The normalized spacial score (nSPS) is 10.4. The summed E-state index contributed by atoms with van der Waals surface area (Å²) in [6.07, 6.45) is 5.71. The molecule has 0 bridgehead atoms. The summed E-state index contributed by atoms with van der Waals surface area (Å²) in [5.74, 6) is 0.0700. The monoisotopic (exact) mass is 274 g/mol. The lowest BCUT2D eigenvalue weighted by Gasteiger charge is -2.05. The minimum absolute atomic E-state index is 0.216. The van der Waals surface area contributed by atoms with Crippen molar-refractivity contribution >= 4 is 5.91 Å². The fourth-order valence-electron chi connectivity index (χ4n) is 1.75. The Morgan fingerprint density at radius 3 is 3.00 bits per heavy atom. The van der Waals surface area contributed by atoms with Gasteiger partial charge in [-0.15, -0.1) is 0 Å². The van der Waals surface area contributed by atoms with Gasteiger partial charge in [-0.1, -0.05) is 6.07 Å². The SMILES string of the molecule is Cc1ncoc1C(=O)NCCCNCc1cccnc1. The molecule has 1 amide bonds. The van der Waals surface area contributed by atoms with Gasteiger partial charge in [-0.05, 0) is 31.5 Å². The number of hydrogen-bond acceptors (Lipinski definition) is 5. The molecule has 0 aliphatic heterocycles. The molecule has 0 spiro atoms. The van der Waals surface area contributed by atoms with Crippen molar-refractivity contribution in [3.05, 3.63) is 47.9 Å². The van der Waals surface area contributed by atoms with Crippen LogP contribution in [0, 0.1) is 6.92 Å². The number of nitrogens with one attached hydrogen (secondary N) is 2. The third kappa shape index (κ3) is 4.17. The molecule has 0 unspecified atom stereocenters. The molecule has 20 heavy (non-hydrogen) atoms. The van der Waals surface area contributed by atoms with E-state index in [0.29, 0.717) is 12.2 Å². The average Bonchev–Trinajstić information content (AvgIpc) is 2.90. The minimum atomic E-state index is -0.216. The summed E-state index contributed by atoms with van der Waals surface area (Å²) >= 11 is 0. The first kappa shape index (κ1) is 14.2. The van der Waals surface area contributed by atoms with Gasteiger partial charge in [0.25, 0.3) is 5.91 Å². The number of hydrogen-bond donors (Lipinski definition) is 2. The maximum atomic E-state index is 11.7. The van der Waals surface area contributed by atoms with Crippen LogP contribution >= 0.6 is 0 Å². The van der Waals surface area contributed by atoms with Gasteiger partial charge in [-0.2, -0.15) is 0 Å². The molecule has 0 saturated carbocycles. The topological polar surface area (TPSA) is 80.0 Å². The molecular weight excluding hydrogens is 256 g/mol. The molecule has 2 N–H and O–H groups in total. The highest BCUT2D eigenvalue weighted by Gasteiger charge is 2.12. The molecule has 2 heterocycles. The molecule has 0 fully saturated rings. The zero-order valence-corrected chi connectivity index (χ0v) is 11.4. The predicted molar refractivity (Wildman–Crippen MR) is 74.1 cm³/mol. The number of carbonyl (C=O) groups excluding carboxylic acids is 1. The predicted octanol–water partition coefficient (Wildman–Crippen LogP) is 1.29. The first-order chi connectivity index (χ1) is 9.77. The van der Waals surface area contributed by atoms with E-state index in [1.807, 2.05) is 18.3 Å². The van der Waals surface area contributed by atoms with Gasteiger partial charge in [0, 0.05) is 25.5 Å². The maximum Gasteiger partial charge on any atom is 0.288 e. The Kier molecular flexibility index (Phi) is 5.25. The van der Waals surface area contributed by atoms with E-state index in [1.165, 1.54) is 6.39 Å². The average molecular weight is 274 g/mol. The van der Waals surface area contributed by atoms with Gasteiger partial charge < -0.3 is 15.1 Å². The fraction of sp³-hybridized carbons (Fsp3) is 0.357. The summed E-state index contributed by atoms with van der Waals surface area (Å²) in [4.78, 5) is 19.6. The first-order valence-corrected chi connectivity index (χ1v) is 6.55. The molecule has 2 rings (SSSR count). The standard InChI is InChI=1S/C14H18N4O2/c1-11-13(20-10-18-11)14(19)17-7-3-6-16-9-12-4-2-5-15-8-12/h2,4-5,8,10,16H,3,6-7,9H2,1H3,(H,17,19). The Balaban J connectivity index is 1.58. The second kappa shape index (κ2) is 7.40. The summed E-state index contributed by atoms with van der Waals surface area (Å²) in [6.45, 7) is 3.94. The van der Waals surface area contributed by atoms with Crippen LogP contribution < -0.4 is 10.6 Å². The molecule has 0 aliphatic rings. The van der Waals surface area contributed by atoms with Crippen molar-refractivity contribution in [2.75, 3.05) is 13.1 Å². The minimum Gasteiger partial charge on any atom is -0.438 e. The van der Waals surface area contributed by atoms with Crippen LogP contribution in [0.1, 0.15) is 28.2 Å². The van der Waals surface area contributed by atoms with Crippen molar-refractivity contribution in [1.82, 2.24) is 20.6 Å². The van der Waals surface area contributed by atoms with Crippen LogP contribution in [-0.4, -0.2) is 29.0 Å². The quantitative estimate of drug-likeness (QED) is 0.744. The van der Waals surface area contributed by atoms with Crippen LogP contribution in [-0.2, 0) is 6.54 Å². The van der Waals surface area contributed by atoms with E-state index in [1.54, 1.807) is 13.1 Å².